The first-order valence-corrected chi connectivity index (χ1v) is 6.38. The lowest BCUT2D eigenvalue weighted by Crippen LogP contribution is -2.28. The molecule has 0 heterocycles. The molecule has 2 nitrogen and oxygen atoms in total. The molecular weight excluding hydrogens is 265 g/mol. The average molecular weight is 280 g/mol. The highest BCUT2D eigenvalue weighted by Gasteiger charge is 2.18. The molecule has 0 saturated carbocycles. The largest absolute Gasteiger partial charge is 0.391 e. The predicted octanol–water partition coefficient (Wildman–Crippen LogP) is 3.08. The normalized spacial score (nSPS) is 14.1. The first-order chi connectivity index (χ1) is 9.08. The first-order valence-electron chi connectivity index (χ1n) is 6.00. The van der Waals surface area contributed by atoms with Crippen LogP contribution in [0.4, 0.5) is 4.39 Å². The molecule has 100 valence electrons. The molecule has 4 heteroatoms. The average Bonchev–Trinajstić information content (AvgIpc) is 2.42. The molecule has 0 aromatic heterocycles. The molecule has 2 atom stereocenters. The Hall–Kier alpha value is -1.42. The van der Waals surface area contributed by atoms with Crippen molar-refractivity contribution in [2.75, 3.05) is 0 Å². The molecule has 19 heavy (non-hydrogen) atoms. The van der Waals surface area contributed by atoms with Crippen molar-refractivity contribution in [1.82, 2.24) is 0 Å². The van der Waals surface area contributed by atoms with Crippen LogP contribution in [0.25, 0.3) is 0 Å². The van der Waals surface area contributed by atoms with E-state index in [1.807, 2.05) is 30.3 Å². The van der Waals surface area contributed by atoms with Crippen LogP contribution >= 0.6 is 11.6 Å². The Morgan fingerprint density at radius 3 is 2.47 bits per heavy atom. The van der Waals surface area contributed by atoms with Gasteiger partial charge in [-0.05, 0) is 23.3 Å². The second kappa shape index (κ2) is 6.15. The number of hydrogen-bond donors (Lipinski definition) is 2. The highest BCUT2D eigenvalue weighted by Crippen LogP contribution is 2.22. The number of hydrogen-bond acceptors (Lipinski definition) is 2. The number of aliphatic hydroxyl groups is 1. The van der Waals surface area contributed by atoms with E-state index in [-0.39, 0.29) is 5.02 Å². The Kier molecular flexibility index (Phi) is 4.53. The molecule has 0 aliphatic carbocycles. The van der Waals surface area contributed by atoms with Crippen molar-refractivity contribution in [3.63, 3.8) is 0 Å². The summed E-state index contributed by atoms with van der Waals surface area (Å²) in [7, 11) is 0. The standard InChI is InChI=1S/C15H15ClFNO/c16-12-7-6-11(9-13(12)17)15(18)14(19)8-10-4-2-1-3-5-10/h1-7,9,14-15,19H,8,18H2/t14-,15+/m0/s1. The smallest absolute Gasteiger partial charge is 0.142 e. The molecule has 2 aromatic carbocycles. The Balaban J connectivity index is 2.10. The van der Waals surface area contributed by atoms with Gasteiger partial charge in [-0.15, -0.1) is 0 Å². The molecule has 2 rings (SSSR count). The van der Waals surface area contributed by atoms with Crippen LogP contribution in [-0.2, 0) is 6.42 Å². The van der Waals surface area contributed by atoms with Crippen molar-refractivity contribution >= 4 is 11.6 Å². The third-order valence-corrected chi connectivity index (χ3v) is 3.34. The van der Waals surface area contributed by atoms with Crippen LogP contribution in [-0.4, -0.2) is 11.2 Å². The quantitative estimate of drug-likeness (QED) is 0.903. The molecule has 0 aliphatic heterocycles. The van der Waals surface area contributed by atoms with E-state index in [4.69, 9.17) is 17.3 Å². The number of halogens is 2. The van der Waals surface area contributed by atoms with Crippen molar-refractivity contribution in [2.24, 2.45) is 5.73 Å². The molecule has 0 fully saturated rings. The van der Waals surface area contributed by atoms with Gasteiger partial charge in [0.1, 0.15) is 5.82 Å². The molecule has 0 aliphatic rings. The van der Waals surface area contributed by atoms with Crippen molar-refractivity contribution in [1.29, 1.82) is 0 Å². The SMILES string of the molecule is N[C@H](c1ccc(Cl)c(F)c1)[C@@H](O)Cc1ccccc1. The fourth-order valence-corrected chi connectivity index (χ4v) is 2.04. The molecule has 0 bridgehead atoms. The molecule has 0 unspecified atom stereocenters. The molecule has 0 saturated heterocycles. The van der Waals surface area contributed by atoms with Gasteiger partial charge >= 0.3 is 0 Å². The summed E-state index contributed by atoms with van der Waals surface area (Å²) in [5, 5.41) is 10.2. The van der Waals surface area contributed by atoms with Crippen LogP contribution in [0.15, 0.2) is 48.5 Å². The van der Waals surface area contributed by atoms with Crippen LogP contribution < -0.4 is 5.73 Å². The lowest BCUT2D eigenvalue weighted by Gasteiger charge is -2.19. The van der Waals surface area contributed by atoms with E-state index in [1.165, 1.54) is 12.1 Å². The minimum absolute atomic E-state index is 0.0495. The highest BCUT2D eigenvalue weighted by molar-refractivity contribution is 6.30. The van der Waals surface area contributed by atoms with E-state index >= 15 is 0 Å². The van der Waals surface area contributed by atoms with Crippen molar-refractivity contribution in [2.45, 2.75) is 18.6 Å². The molecule has 0 radical (unpaired) electrons. The Morgan fingerprint density at radius 2 is 1.84 bits per heavy atom. The van der Waals surface area contributed by atoms with Crippen molar-refractivity contribution in [3.05, 3.63) is 70.5 Å². The summed E-state index contributed by atoms with van der Waals surface area (Å²) in [6, 6.07) is 13.2. The summed E-state index contributed by atoms with van der Waals surface area (Å²) in [6.07, 6.45) is -0.352. The van der Waals surface area contributed by atoms with Crippen LogP contribution in [0, 0.1) is 5.82 Å². The summed E-state index contributed by atoms with van der Waals surface area (Å²) < 4.78 is 13.4. The summed E-state index contributed by atoms with van der Waals surface area (Å²) in [5.74, 6) is -0.526. The van der Waals surface area contributed by atoms with E-state index in [0.29, 0.717) is 12.0 Å². The lowest BCUT2D eigenvalue weighted by atomic mass is 9.97. The zero-order valence-corrected chi connectivity index (χ0v) is 11.0. The van der Waals surface area contributed by atoms with Gasteiger partial charge in [-0.25, -0.2) is 4.39 Å². The minimum atomic E-state index is -0.775. The lowest BCUT2D eigenvalue weighted by molar-refractivity contribution is 0.145. The highest BCUT2D eigenvalue weighted by atomic mass is 35.5. The van der Waals surface area contributed by atoms with Gasteiger partial charge in [0.2, 0.25) is 0 Å². The summed E-state index contributed by atoms with van der Waals surface area (Å²) in [5.41, 5.74) is 7.46. The van der Waals surface area contributed by atoms with Crippen molar-refractivity contribution in [3.8, 4) is 0 Å². The first kappa shape index (κ1) is 14.0. The molecule has 2 aromatic rings. The van der Waals surface area contributed by atoms with Gasteiger partial charge in [0, 0.05) is 6.42 Å². The van der Waals surface area contributed by atoms with Crippen LogP contribution in [0.2, 0.25) is 5.02 Å². The van der Waals surface area contributed by atoms with Gasteiger partial charge < -0.3 is 10.8 Å². The summed E-state index contributed by atoms with van der Waals surface area (Å²) >= 11 is 5.62. The molecule has 0 amide bonds. The van der Waals surface area contributed by atoms with Crippen LogP contribution in [0.3, 0.4) is 0 Å². The maximum Gasteiger partial charge on any atom is 0.142 e. The van der Waals surface area contributed by atoms with Gasteiger partial charge in [0.05, 0.1) is 17.2 Å². The number of benzene rings is 2. The summed E-state index contributed by atoms with van der Waals surface area (Å²) in [6.45, 7) is 0. The van der Waals surface area contributed by atoms with Crippen LogP contribution in [0.1, 0.15) is 17.2 Å². The van der Waals surface area contributed by atoms with E-state index < -0.39 is 18.0 Å². The molecular formula is C15H15ClFNO. The van der Waals surface area contributed by atoms with Crippen LogP contribution in [0.5, 0.6) is 0 Å². The topological polar surface area (TPSA) is 46.2 Å². The second-order valence-electron chi connectivity index (χ2n) is 4.46. The maximum absolute atomic E-state index is 13.4. The van der Waals surface area contributed by atoms with Crippen molar-refractivity contribution < 1.29 is 9.50 Å². The summed E-state index contributed by atoms with van der Waals surface area (Å²) in [4.78, 5) is 0. The van der Waals surface area contributed by atoms with E-state index in [1.54, 1.807) is 6.07 Å². The fourth-order valence-electron chi connectivity index (χ4n) is 1.92. The Morgan fingerprint density at radius 1 is 1.16 bits per heavy atom. The third-order valence-electron chi connectivity index (χ3n) is 3.03. The third kappa shape index (κ3) is 3.53. The van der Waals surface area contributed by atoms with Gasteiger partial charge in [0.25, 0.3) is 0 Å². The second-order valence-corrected chi connectivity index (χ2v) is 4.86. The number of rotatable bonds is 4. The molecule has 3 N–H and O–H groups in total. The number of nitrogens with two attached hydrogens (primary N) is 1. The fraction of sp³-hybridized carbons (Fsp3) is 0.200. The Bertz CT molecular complexity index is 547. The maximum atomic E-state index is 13.4. The predicted molar refractivity (Wildman–Crippen MR) is 74.5 cm³/mol. The monoisotopic (exact) mass is 279 g/mol. The molecule has 0 spiro atoms. The zero-order valence-electron chi connectivity index (χ0n) is 10.3. The van der Waals surface area contributed by atoms with E-state index in [0.717, 1.165) is 5.56 Å². The van der Waals surface area contributed by atoms with Gasteiger partial charge in [-0.1, -0.05) is 48.0 Å². The number of aliphatic hydroxyl groups excluding tert-OH is 1. The van der Waals surface area contributed by atoms with E-state index in [9.17, 15) is 9.50 Å². The Labute approximate surface area is 116 Å². The van der Waals surface area contributed by atoms with Gasteiger partial charge in [-0.2, -0.15) is 0 Å². The van der Waals surface area contributed by atoms with E-state index in [2.05, 4.69) is 0 Å². The van der Waals surface area contributed by atoms with Gasteiger partial charge in [-0.3, -0.25) is 0 Å². The van der Waals surface area contributed by atoms with Gasteiger partial charge in [0.15, 0.2) is 0 Å². The minimum Gasteiger partial charge on any atom is -0.391 e. The zero-order chi connectivity index (χ0) is 13.8.